The molecule has 2 rings (SSSR count). The summed E-state index contributed by atoms with van der Waals surface area (Å²) >= 11 is 3.15. The van der Waals surface area contributed by atoms with Crippen molar-refractivity contribution >= 4 is 21.7 Å². The molecule has 3 nitrogen and oxygen atoms in total. The van der Waals surface area contributed by atoms with Gasteiger partial charge in [0.2, 0.25) is 0 Å². The number of ketones is 1. The van der Waals surface area contributed by atoms with Crippen molar-refractivity contribution in [3.63, 3.8) is 0 Å². The number of nitrogens with zero attached hydrogens (tertiary/aromatic N) is 1. The van der Waals surface area contributed by atoms with Gasteiger partial charge in [0.1, 0.15) is 6.61 Å². The Hall–Kier alpha value is -1.75. The molecule has 1 aromatic carbocycles. The summed E-state index contributed by atoms with van der Waals surface area (Å²) in [6, 6.07) is 6.40. The molecule has 5 heteroatoms. The smallest absolute Gasteiger partial charge is 0.166 e. The van der Waals surface area contributed by atoms with Crippen molar-refractivity contribution < 1.29 is 13.9 Å². The van der Waals surface area contributed by atoms with Crippen LogP contribution in [0.25, 0.3) is 0 Å². The van der Waals surface area contributed by atoms with Gasteiger partial charge >= 0.3 is 0 Å². The lowest BCUT2D eigenvalue weighted by atomic mass is 10.1. The normalized spacial score (nSPS) is 10.3. The SMILES string of the molecule is CC(=O)c1cc(Br)cc(F)c1OCc1cccnc1. The summed E-state index contributed by atoms with van der Waals surface area (Å²) in [5, 5.41) is 0. The molecule has 0 radical (unpaired) electrons. The van der Waals surface area contributed by atoms with E-state index in [1.807, 2.05) is 6.07 Å². The van der Waals surface area contributed by atoms with Crippen molar-refractivity contribution in [2.75, 3.05) is 0 Å². The third-order valence-electron chi connectivity index (χ3n) is 2.49. The summed E-state index contributed by atoms with van der Waals surface area (Å²) in [7, 11) is 0. The number of hydrogen-bond acceptors (Lipinski definition) is 3. The van der Waals surface area contributed by atoms with Crippen LogP contribution >= 0.6 is 15.9 Å². The second-order valence-corrected chi connectivity index (χ2v) is 4.89. The van der Waals surface area contributed by atoms with E-state index in [9.17, 15) is 9.18 Å². The molecule has 0 unspecified atom stereocenters. The van der Waals surface area contributed by atoms with Crippen LogP contribution in [0.15, 0.2) is 41.1 Å². The van der Waals surface area contributed by atoms with Gasteiger partial charge in [0.05, 0.1) is 5.56 Å². The summed E-state index contributed by atoms with van der Waals surface area (Å²) in [6.07, 6.45) is 3.27. The van der Waals surface area contributed by atoms with Gasteiger partial charge in [-0.2, -0.15) is 0 Å². The Morgan fingerprint density at radius 2 is 2.26 bits per heavy atom. The maximum Gasteiger partial charge on any atom is 0.166 e. The highest BCUT2D eigenvalue weighted by atomic mass is 79.9. The minimum absolute atomic E-state index is 0.0282. The lowest BCUT2D eigenvalue weighted by Crippen LogP contribution is -2.04. The predicted molar refractivity (Wildman–Crippen MR) is 72.7 cm³/mol. The lowest BCUT2D eigenvalue weighted by molar-refractivity contribution is 0.101. The summed E-state index contributed by atoms with van der Waals surface area (Å²) < 4.78 is 19.8. The average Bonchev–Trinajstić information content (AvgIpc) is 2.38. The molecule has 1 aromatic heterocycles. The summed E-state index contributed by atoms with van der Waals surface area (Å²) in [5.41, 5.74) is 1.02. The third kappa shape index (κ3) is 3.38. The largest absolute Gasteiger partial charge is 0.485 e. The number of carbonyl (C=O) groups excluding carboxylic acids is 1. The Kier molecular flexibility index (Phi) is 4.27. The lowest BCUT2D eigenvalue weighted by Gasteiger charge is -2.11. The number of hydrogen-bond donors (Lipinski definition) is 0. The number of Topliss-reactive ketones (excluding diaryl/α,β-unsaturated/α-hetero) is 1. The van der Waals surface area contributed by atoms with Crippen LogP contribution in [-0.4, -0.2) is 10.8 Å². The first-order chi connectivity index (χ1) is 9.08. The van der Waals surface area contributed by atoms with E-state index < -0.39 is 5.82 Å². The number of pyridine rings is 1. The zero-order chi connectivity index (χ0) is 13.8. The van der Waals surface area contributed by atoms with Crippen LogP contribution in [0.5, 0.6) is 5.75 Å². The Labute approximate surface area is 118 Å². The quantitative estimate of drug-likeness (QED) is 0.804. The molecule has 1 heterocycles. The van der Waals surface area contributed by atoms with Crippen molar-refractivity contribution in [2.45, 2.75) is 13.5 Å². The van der Waals surface area contributed by atoms with Crippen LogP contribution in [0.3, 0.4) is 0 Å². The van der Waals surface area contributed by atoms with E-state index in [0.717, 1.165) is 5.56 Å². The van der Waals surface area contributed by atoms with Gasteiger partial charge in [-0.1, -0.05) is 22.0 Å². The Morgan fingerprint density at radius 1 is 1.47 bits per heavy atom. The Bertz CT molecular complexity index is 602. The van der Waals surface area contributed by atoms with Gasteiger partial charge < -0.3 is 4.74 Å². The first kappa shape index (κ1) is 13.7. The van der Waals surface area contributed by atoms with Crippen molar-refractivity contribution in [3.8, 4) is 5.75 Å². The highest BCUT2D eigenvalue weighted by Crippen LogP contribution is 2.28. The monoisotopic (exact) mass is 323 g/mol. The second-order valence-electron chi connectivity index (χ2n) is 3.97. The molecule has 0 aliphatic carbocycles. The summed E-state index contributed by atoms with van der Waals surface area (Å²) in [4.78, 5) is 15.4. The van der Waals surface area contributed by atoms with E-state index in [-0.39, 0.29) is 23.7 Å². The molecule has 0 aliphatic rings. The molecule has 2 aromatic rings. The topological polar surface area (TPSA) is 39.2 Å². The highest BCUT2D eigenvalue weighted by Gasteiger charge is 2.15. The molecular formula is C14H11BrFNO2. The maximum atomic E-state index is 13.9. The molecular weight excluding hydrogens is 313 g/mol. The van der Waals surface area contributed by atoms with Gasteiger partial charge in [-0.05, 0) is 25.1 Å². The molecule has 0 fully saturated rings. The highest BCUT2D eigenvalue weighted by molar-refractivity contribution is 9.10. The minimum atomic E-state index is -0.566. The molecule has 0 spiro atoms. The number of aromatic nitrogens is 1. The van der Waals surface area contributed by atoms with Crippen molar-refractivity contribution in [1.29, 1.82) is 0 Å². The molecule has 19 heavy (non-hydrogen) atoms. The first-order valence-electron chi connectivity index (χ1n) is 5.59. The standard InChI is InChI=1S/C14H11BrFNO2/c1-9(18)12-5-11(15)6-13(16)14(12)19-8-10-3-2-4-17-7-10/h2-7H,8H2,1H3. The van der Waals surface area contributed by atoms with E-state index in [4.69, 9.17) is 4.74 Å². The number of ether oxygens (including phenoxy) is 1. The van der Waals surface area contributed by atoms with Crippen molar-refractivity contribution in [1.82, 2.24) is 4.98 Å². The van der Waals surface area contributed by atoms with Crippen molar-refractivity contribution in [3.05, 3.63) is 58.1 Å². The predicted octanol–water partition coefficient (Wildman–Crippen LogP) is 3.76. The van der Waals surface area contributed by atoms with E-state index >= 15 is 0 Å². The van der Waals surface area contributed by atoms with Gasteiger partial charge in [-0.15, -0.1) is 0 Å². The van der Waals surface area contributed by atoms with Crippen molar-refractivity contribution in [2.24, 2.45) is 0 Å². The fourth-order valence-corrected chi connectivity index (χ4v) is 2.04. The molecule has 0 saturated heterocycles. The Morgan fingerprint density at radius 3 is 2.89 bits per heavy atom. The molecule has 0 saturated carbocycles. The second kappa shape index (κ2) is 5.93. The molecule has 0 aliphatic heterocycles. The van der Waals surface area contributed by atoms with Gasteiger partial charge in [-0.25, -0.2) is 4.39 Å². The zero-order valence-corrected chi connectivity index (χ0v) is 11.8. The van der Waals surface area contributed by atoms with E-state index in [2.05, 4.69) is 20.9 Å². The minimum Gasteiger partial charge on any atom is -0.485 e. The fraction of sp³-hybridized carbons (Fsp3) is 0.143. The van der Waals surface area contributed by atoms with Gasteiger partial charge in [-0.3, -0.25) is 9.78 Å². The van der Waals surface area contributed by atoms with E-state index in [0.29, 0.717) is 4.47 Å². The van der Waals surface area contributed by atoms with Crippen LogP contribution in [0, 0.1) is 5.82 Å². The van der Waals surface area contributed by atoms with Crippen LogP contribution in [0.1, 0.15) is 22.8 Å². The molecule has 98 valence electrons. The number of rotatable bonds is 4. The Balaban J connectivity index is 2.27. The first-order valence-corrected chi connectivity index (χ1v) is 6.39. The third-order valence-corrected chi connectivity index (χ3v) is 2.95. The molecule has 0 amide bonds. The zero-order valence-electron chi connectivity index (χ0n) is 10.2. The van der Waals surface area contributed by atoms with Crippen LogP contribution < -0.4 is 4.74 Å². The van der Waals surface area contributed by atoms with Crippen LogP contribution in [-0.2, 0) is 6.61 Å². The number of carbonyl (C=O) groups is 1. The summed E-state index contributed by atoms with van der Waals surface area (Å²) in [5.74, 6) is -0.843. The van der Waals surface area contributed by atoms with Gasteiger partial charge in [0, 0.05) is 22.4 Å². The van der Waals surface area contributed by atoms with Gasteiger partial charge in [0.15, 0.2) is 17.3 Å². The van der Waals surface area contributed by atoms with Crippen LogP contribution in [0.2, 0.25) is 0 Å². The molecule has 0 bridgehead atoms. The molecule has 0 N–H and O–H groups in total. The average molecular weight is 324 g/mol. The van der Waals surface area contributed by atoms with Gasteiger partial charge in [0.25, 0.3) is 0 Å². The fourth-order valence-electron chi connectivity index (χ4n) is 1.61. The number of benzene rings is 1. The van der Waals surface area contributed by atoms with E-state index in [1.54, 1.807) is 24.5 Å². The maximum absolute atomic E-state index is 13.9. The molecule has 0 atom stereocenters. The van der Waals surface area contributed by atoms with E-state index in [1.165, 1.54) is 13.0 Å². The number of halogens is 2. The van der Waals surface area contributed by atoms with Crippen LogP contribution in [0.4, 0.5) is 4.39 Å². The summed E-state index contributed by atoms with van der Waals surface area (Å²) in [6.45, 7) is 1.53.